The van der Waals surface area contributed by atoms with E-state index in [1.54, 1.807) is 0 Å². The zero-order valence-electron chi connectivity index (χ0n) is 17.7. The first-order valence-corrected chi connectivity index (χ1v) is 11.7. The molecule has 1 aliphatic carbocycles. The number of aliphatic imine (C=N–C) groups is 2. The number of nitrogens with two attached hydrogens (primary N) is 1. The van der Waals surface area contributed by atoms with Gasteiger partial charge in [-0.3, -0.25) is 9.79 Å². The van der Waals surface area contributed by atoms with Crippen molar-refractivity contribution in [3.8, 4) is 0 Å². The van der Waals surface area contributed by atoms with Gasteiger partial charge in [-0.2, -0.15) is 5.10 Å². The van der Waals surface area contributed by atoms with E-state index >= 15 is 0 Å². The second-order valence-electron chi connectivity index (χ2n) is 8.02. The molecule has 0 saturated heterocycles. The number of benzene rings is 1. The van der Waals surface area contributed by atoms with Gasteiger partial charge in [-0.1, -0.05) is 37.5 Å². The summed E-state index contributed by atoms with van der Waals surface area (Å²) in [5.41, 5.74) is 8.88. The van der Waals surface area contributed by atoms with E-state index in [2.05, 4.69) is 50.5 Å². The molecule has 1 aliphatic rings. The number of fused-ring (bicyclic) bond motifs is 1. The maximum Gasteiger partial charge on any atom is 0.259 e. The van der Waals surface area contributed by atoms with Crippen LogP contribution in [0.3, 0.4) is 0 Å². The second kappa shape index (κ2) is 9.44. The van der Waals surface area contributed by atoms with Crippen LogP contribution in [-0.4, -0.2) is 27.4 Å². The first kappa shape index (κ1) is 21.9. The second-order valence-corrected chi connectivity index (χ2v) is 9.05. The normalized spacial score (nSPS) is 15.2. The smallest absolute Gasteiger partial charge is 0.259 e. The van der Waals surface area contributed by atoms with E-state index < -0.39 is 0 Å². The van der Waals surface area contributed by atoms with E-state index in [0.717, 1.165) is 57.0 Å². The minimum Gasteiger partial charge on any atom is -0.326 e. The molecule has 162 valence electrons. The Morgan fingerprint density at radius 2 is 2.10 bits per heavy atom. The Hall–Kier alpha value is -2.33. The molecule has 1 saturated carbocycles. The van der Waals surface area contributed by atoms with Crippen LogP contribution in [0.25, 0.3) is 10.8 Å². The Labute approximate surface area is 195 Å². The van der Waals surface area contributed by atoms with Crippen LogP contribution in [0.4, 0.5) is 5.82 Å². The van der Waals surface area contributed by atoms with Gasteiger partial charge >= 0.3 is 0 Å². The summed E-state index contributed by atoms with van der Waals surface area (Å²) in [7, 11) is 0. The van der Waals surface area contributed by atoms with Crippen molar-refractivity contribution >= 4 is 52.2 Å². The molecule has 31 heavy (non-hydrogen) atoms. The van der Waals surface area contributed by atoms with Crippen LogP contribution >= 0.6 is 22.6 Å². The fourth-order valence-electron chi connectivity index (χ4n) is 4.61. The van der Waals surface area contributed by atoms with E-state index in [0.29, 0.717) is 18.9 Å². The Bertz CT molecular complexity index is 1200. The molecule has 0 bridgehead atoms. The molecule has 8 heteroatoms. The van der Waals surface area contributed by atoms with Crippen molar-refractivity contribution in [2.45, 2.75) is 58.2 Å². The van der Waals surface area contributed by atoms with Crippen molar-refractivity contribution in [3.05, 3.63) is 55.1 Å². The largest absolute Gasteiger partial charge is 0.326 e. The van der Waals surface area contributed by atoms with Crippen molar-refractivity contribution in [2.24, 2.45) is 15.7 Å². The first-order valence-electron chi connectivity index (χ1n) is 10.6. The number of hydrogen-bond acceptors (Lipinski definition) is 4. The fourth-order valence-corrected chi connectivity index (χ4v) is 5.33. The average Bonchev–Trinajstić information content (AvgIpc) is 3.06. The molecule has 2 heterocycles. The number of aromatic nitrogens is 3. The Morgan fingerprint density at radius 1 is 1.32 bits per heavy atom. The minimum atomic E-state index is 0.0937. The standard InChI is InChI=1S/C23H27IN6O/c1-15-7-6-8-16-11-18(30(23(31)20(15)16)17-9-4-3-5-10-17)13-29-22(27-14-26-2)19(12-25)21(24)28-29/h6-8,11,14,17H,2-5,9-10,12-13,25H2,1H3/b27-14-. The predicted molar refractivity (Wildman–Crippen MR) is 135 cm³/mol. The number of nitrogens with zero attached hydrogens (tertiary/aromatic N) is 5. The maximum absolute atomic E-state index is 13.7. The Morgan fingerprint density at radius 3 is 2.81 bits per heavy atom. The van der Waals surface area contributed by atoms with Crippen molar-refractivity contribution in [3.63, 3.8) is 0 Å². The van der Waals surface area contributed by atoms with Crippen LogP contribution in [0.15, 0.2) is 39.0 Å². The third-order valence-corrected chi connectivity index (χ3v) is 6.93. The number of hydrogen-bond donors (Lipinski definition) is 1. The summed E-state index contributed by atoms with van der Waals surface area (Å²) >= 11 is 2.18. The molecule has 1 aromatic carbocycles. The zero-order chi connectivity index (χ0) is 22.0. The van der Waals surface area contributed by atoms with Gasteiger partial charge in [0.2, 0.25) is 0 Å². The number of pyridine rings is 1. The van der Waals surface area contributed by atoms with Crippen molar-refractivity contribution in [2.75, 3.05) is 0 Å². The van der Waals surface area contributed by atoms with Gasteiger partial charge < -0.3 is 10.3 Å². The molecular formula is C23H27IN6O. The number of rotatable bonds is 6. The van der Waals surface area contributed by atoms with Crippen LogP contribution in [0.5, 0.6) is 0 Å². The highest BCUT2D eigenvalue weighted by molar-refractivity contribution is 14.1. The van der Waals surface area contributed by atoms with Gasteiger partial charge in [-0.25, -0.2) is 9.67 Å². The van der Waals surface area contributed by atoms with Gasteiger partial charge in [-0.15, -0.1) is 0 Å². The van der Waals surface area contributed by atoms with E-state index in [1.807, 2.05) is 34.4 Å². The summed E-state index contributed by atoms with van der Waals surface area (Å²) in [6, 6.07) is 8.37. The van der Waals surface area contributed by atoms with Crippen LogP contribution in [0.2, 0.25) is 0 Å². The predicted octanol–water partition coefficient (Wildman–Crippen LogP) is 4.48. The summed E-state index contributed by atoms with van der Waals surface area (Å²) < 4.78 is 4.64. The van der Waals surface area contributed by atoms with Gasteiger partial charge in [-0.05, 0) is 66.1 Å². The minimum absolute atomic E-state index is 0.0937. The molecule has 0 aliphatic heterocycles. The molecule has 4 rings (SSSR count). The number of halogens is 1. The van der Waals surface area contributed by atoms with E-state index in [-0.39, 0.29) is 11.6 Å². The van der Waals surface area contributed by atoms with E-state index in [4.69, 9.17) is 5.73 Å². The van der Waals surface area contributed by atoms with Crippen molar-refractivity contribution in [1.29, 1.82) is 0 Å². The quantitative estimate of drug-likeness (QED) is 0.290. The third-order valence-electron chi connectivity index (χ3n) is 6.06. The average molecular weight is 530 g/mol. The van der Waals surface area contributed by atoms with Crippen LogP contribution in [0, 0.1) is 10.6 Å². The van der Waals surface area contributed by atoms with Gasteiger partial charge in [0.1, 0.15) is 10.0 Å². The van der Waals surface area contributed by atoms with Gasteiger partial charge in [0.25, 0.3) is 5.56 Å². The molecule has 3 aromatic rings. The van der Waals surface area contributed by atoms with Gasteiger partial charge in [0.15, 0.2) is 5.82 Å². The molecule has 0 radical (unpaired) electrons. The first-order chi connectivity index (χ1) is 15.0. The van der Waals surface area contributed by atoms with Gasteiger partial charge in [0.05, 0.1) is 11.9 Å². The maximum atomic E-state index is 13.7. The van der Waals surface area contributed by atoms with E-state index in [1.165, 1.54) is 12.8 Å². The molecule has 0 atom stereocenters. The molecule has 7 nitrogen and oxygen atoms in total. The van der Waals surface area contributed by atoms with Crippen LogP contribution in [0.1, 0.15) is 55.0 Å². The zero-order valence-corrected chi connectivity index (χ0v) is 19.9. The molecule has 2 N–H and O–H groups in total. The lowest BCUT2D eigenvalue weighted by Gasteiger charge is -2.27. The topological polar surface area (TPSA) is 90.6 Å². The molecule has 0 unspecified atom stereocenters. The molecule has 2 aromatic heterocycles. The third kappa shape index (κ3) is 4.23. The van der Waals surface area contributed by atoms with Crippen molar-refractivity contribution in [1.82, 2.24) is 14.3 Å². The van der Waals surface area contributed by atoms with Crippen LogP contribution in [-0.2, 0) is 13.1 Å². The molecule has 1 fully saturated rings. The summed E-state index contributed by atoms with van der Waals surface area (Å²) in [6.45, 7) is 6.25. The summed E-state index contributed by atoms with van der Waals surface area (Å²) in [6.07, 6.45) is 7.00. The SMILES string of the molecule is C=N/C=N\c1c(CN)c(I)nn1Cc1cc2cccc(C)c2c(=O)n1C1CCCCC1. The molecule has 0 amide bonds. The summed E-state index contributed by atoms with van der Waals surface area (Å²) in [4.78, 5) is 21.9. The van der Waals surface area contributed by atoms with Gasteiger partial charge in [0, 0.05) is 23.8 Å². The lowest BCUT2D eigenvalue weighted by Crippen LogP contribution is -2.30. The number of aryl methyl sites for hydroxylation is 1. The molecule has 0 spiro atoms. The molecular weight excluding hydrogens is 503 g/mol. The lowest BCUT2D eigenvalue weighted by atomic mass is 9.94. The monoisotopic (exact) mass is 530 g/mol. The van der Waals surface area contributed by atoms with E-state index in [9.17, 15) is 4.79 Å². The van der Waals surface area contributed by atoms with Crippen molar-refractivity contribution < 1.29 is 0 Å². The van der Waals surface area contributed by atoms with Crippen LogP contribution < -0.4 is 11.3 Å². The lowest BCUT2D eigenvalue weighted by molar-refractivity contribution is 0.337. The fraction of sp³-hybridized carbons (Fsp3) is 0.391. The Kier molecular flexibility index (Phi) is 6.66. The highest BCUT2D eigenvalue weighted by Crippen LogP contribution is 2.31. The summed E-state index contributed by atoms with van der Waals surface area (Å²) in [5, 5.41) is 6.45. The highest BCUT2D eigenvalue weighted by atomic mass is 127. The summed E-state index contributed by atoms with van der Waals surface area (Å²) in [5.74, 6) is 0.659. The highest BCUT2D eigenvalue weighted by Gasteiger charge is 2.23. The Balaban J connectivity index is 1.91.